The molecule has 2 aromatic rings. The zero-order valence-corrected chi connectivity index (χ0v) is 12.5. The summed E-state index contributed by atoms with van der Waals surface area (Å²) in [4.78, 5) is 18.0. The minimum Gasteiger partial charge on any atom is -0.361 e. The average Bonchev–Trinajstić information content (AvgIpc) is 3.02. The number of aromatic amines is 1. The van der Waals surface area contributed by atoms with E-state index in [4.69, 9.17) is 5.73 Å². The molecule has 1 aromatic heterocycles. The Morgan fingerprint density at radius 2 is 2.14 bits per heavy atom. The van der Waals surface area contributed by atoms with Gasteiger partial charge >= 0.3 is 0 Å². The van der Waals surface area contributed by atoms with Gasteiger partial charge in [-0.25, -0.2) is 0 Å². The van der Waals surface area contributed by atoms with E-state index in [2.05, 4.69) is 4.98 Å². The van der Waals surface area contributed by atoms with Gasteiger partial charge in [-0.2, -0.15) is 0 Å². The molecule has 2 unspecified atom stereocenters. The van der Waals surface area contributed by atoms with Crippen molar-refractivity contribution in [2.24, 2.45) is 11.7 Å². The molecule has 1 saturated carbocycles. The molecule has 4 heteroatoms. The quantitative estimate of drug-likeness (QED) is 0.911. The van der Waals surface area contributed by atoms with E-state index in [1.165, 1.54) is 12.8 Å². The van der Waals surface area contributed by atoms with Gasteiger partial charge in [0.25, 0.3) is 5.91 Å². The fourth-order valence-corrected chi connectivity index (χ4v) is 3.58. The fraction of sp³-hybridized carbons (Fsp3) is 0.471. The molecule has 3 N–H and O–H groups in total. The number of hydrogen-bond acceptors (Lipinski definition) is 2. The number of para-hydroxylation sites is 1. The topological polar surface area (TPSA) is 62.1 Å². The molecule has 1 amide bonds. The zero-order chi connectivity index (χ0) is 14.8. The summed E-state index contributed by atoms with van der Waals surface area (Å²) in [6, 6.07) is 8.12. The standard InChI is InChI=1S/C17H23N3O/c1-20(15-8-3-2-5-13(15)11-18)17(21)14-7-4-6-12-9-10-19-16(12)14/h4,6-7,9-10,13,15,19H,2-3,5,8,11,18H2,1H3. The van der Waals surface area contributed by atoms with Crippen molar-refractivity contribution in [1.82, 2.24) is 9.88 Å². The molecule has 21 heavy (non-hydrogen) atoms. The summed E-state index contributed by atoms with van der Waals surface area (Å²) in [6.07, 6.45) is 6.49. The first-order valence-corrected chi connectivity index (χ1v) is 7.75. The van der Waals surface area contributed by atoms with Gasteiger partial charge in [0, 0.05) is 24.7 Å². The number of benzene rings is 1. The SMILES string of the molecule is CN(C(=O)c1cccc2cc[nH]c12)C1CCCCC1CN. The molecule has 0 spiro atoms. The number of fused-ring (bicyclic) bond motifs is 1. The van der Waals surface area contributed by atoms with Gasteiger partial charge in [0.15, 0.2) is 0 Å². The summed E-state index contributed by atoms with van der Waals surface area (Å²) < 4.78 is 0. The second kappa shape index (κ2) is 5.90. The maximum atomic E-state index is 12.9. The van der Waals surface area contributed by atoms with Crippen LogP contribution in [0.15, 0.2) is 30.5 Å². The molecule has 1 fully saturated rings. The zero-order valence-electron chi connectivity index (χ0n) is 12.5. The van der Waals surface area contributed by atoms with E-state index < -0.39 is 0 Å². The van der Waals surface area contributed by atoms with E-state index in [1.54, 1.807) is 0 Å². The lowest BCUT2D eigenvalue weighted by Gasteiger charge is -2.37. The molecule has 2 atom stereocenters. The molecule has 0 aliphatic heterocycles. The van der Waals surface area contributed by atoms with Gasteiger partial charge in [-0.05, 0) is 37.4 Å². The molecule has 0 saturated heterocycles. The summed E-state index contributed by atoms with van der Waals surface area (Å²) in [5, 5.41) is 1.08. The fourth-order valence-electron chi connectivity index (χ4n) is 3.58. The van der Waals surface area contributed by atoms with Gasteiger partial charge in [0.2, 0.25) is 0 Å². The number of carbonyl (C=O) groups excluding carboxylic acids is 1. The van der Waals surface area contributed by atoms with Crippen molar-refractivity contribution in [1.29, 1.82) is 0 Å². The van der Waals surface area contributed by atoms with Crippen LogP contribution in [0.2, 0.25) is 0 Å². The van der Waals surface area contributed by atoms with Crippen LogP contribution in [0.1, 0.15) is 36.0 Å². The highest BCUT2D eigenvalue weighted by Gasteiger charge is 2.30. The lowest BCUT2D eigenvalue weighted by molar-refractivity contribution is 0.0622. The van der Waals surface area contributed by atoms with Crippen LogP contribution in [0.5, 0.6) is 0 Å². The summed E-state index contributed by atoms with van der Waals surface area (Å²) in [6.45, 7) is 0.662. The maximum Gasteiger partial charge on any atom is 0.255 e. The van der Waals surface area contributed by atoms with Crippen molar-refractivity contribution in [3.8, 4) is 0 Å². The molecule has 1 aliphatic rings. The first-order valence-electron chi connectivity index (χ1n) is 7.75. The maximum absolute atomic E-state index is 12.9. The molecular formula is C17H23N3O. The summed E-state index contributed by atoms with van der Waals surface area (Å²) in [5.74, 6) is 0.518. The minimum absolute atomic E-state index is 0.0911. The molecule has 3 rings (SSSR count). The molecule has 0 bridgehead atoms. The van der Waals surface area contributed by atoms with E-state index in [-0.39, 0.29) is 11.9 Å². The van der Waals surface area contributed by atoms with Crippen molar-refractivity contribution in [3.05, 3.63) is 36.0 Å². The van der Waals surface area contributed by atoms with Gasteiger partial charge in [-0.3, -0.25) is 4.79 Å². The number of rotatable bonds is 3. The van der Waals surface area contributed by atoms with Crippen LogP contribution in [0, 0.1) is 5.92 Å². The largest absolute Gasteiger partial charge is 0.361 e. The number of hydrogen-bond donors (Lipinski definition) is 2. The summed E-state index contributed by atoms with van der Waals surface area (Å²) in [7, 11) is 1.92. The van der Waals surface area contributed by atoms with Crippen LogP contribution in [0.25, 0.3) is 10.9 Å². The Kier molecular flexibility index (Phi) is 3.97. The Labute approximate surface area is 125 Å². The number of nitrogens with two attached hydrogens (primary N) is 1. The Balaban J connectivity index is 1.88. The number of H-pyrrole nitrogens is 1. The number of carbonyl (C=O) groups is 1. The van der Waals surface area contributed by atoms with E-state index in [1.807, 2.05) is 42.4 Å². The Hall–Kier alpha value is -1.81. The molecule has 112 valence electrons. The molecule has 1 aliphatic carbocycles. The lowest BCUT2D eigenvalue weighted by Crippen LogP contribution is -2.46. The predicted octanol–water partition coefficient (Wildman–Crippen LogP) is 2.76. The highest BCUT2D eigenvalue weighted by Crippen LogP contribution is 2.29. The second-order valence-electron chi connectivity index (χ2n) is 6.01. The lowest BCUT2D eigenvalue weighted by atomic mass is 9.83. The van der Waals surface area contributed by atoms with Crippen LogP contribution in [-0.2, 0) is 0 Å². The highest BCUT2D eigenvalue weighted by molar-refractivity contribution is 6.05. The van der Waals surface area contributed by atoms with Gasteiger partial charge in [0.1, 0.15) is 0 Å². The van der Waals surface area contributed by atoms with E-state index >= 15 is 0 Å². The van der Waals surface area contributed by atoms with Gasteiger partial charge < -0.3 is 15.6 Å². The first kappa shape index (κ1) is 14.1. The molecule has 1 aromatic carbocycles. The molecule has 4 nitrogen and oxygen atoms in total. The smallest absolute Gasteiger partial charge is 0.255 e. The van der Waals surface area contributed by atoms with Crippen LogP contribution in [-0.4, -0.2) is 35.4 Å². The summed E-state index contributed by atoms with van der Waals surface area (Å²) >= 11 is 0. The van der Waals surface area contributed by atoms with Crippen LogP contribution < -0.4 is 5.73 Å². The number of nitrogens with zero attached hydrogens (tertiary/aromatic N) is 1. The predicted molar refractivity (Wildman–Crippen MR) is 85.2 cm³/mol. The number of amides is 1. The van der Waals surface area contributed by atoms with Crippen molar-refractivity contribution in [2.45, 2.75) is 31.7 Å². The Morgan fingerprint density at radius 1 is 1.33 bits per heavy atom. The Morgan fingerprint density at radius 3 is 2.95 bits per heavy atom. The second-order valence-corrected chi connectivity index (χ2v) is 6.01. The molecule has 1 heterocycles. The van der Waals surface area contributed by atoms with E-state index in [9.17, 15) is 4.79 Å². The van der Waals surface area contributed by atoms with Gasteiger partial charge in [-0.15, -0.1) is 0 Å². The highest BCUT2D eigenvalue weighted by atomic mass is 16.2. The third-order valence-corrected chi connectivity index (χ3v) is 4.81. The van der Waals surface area contributed by atoms with Crippen molar-refractivity contribution in [3.63, 3.8) is 0 Å². The minimum atomic E-state index is 0.0911. The van der Waals surface area contributed by atoms with Crippen molar-refractivity contribution in [2.75, 3.05) is 13.6 Å². The molecular weight excluding hydrogens is 262 g/mol. The van der Waals surface area contributed by atoms with Crippen molar-refractivity contribution < 1.29 is 4.79 Å². The third kappa shape index (κ3) is 2.56. The molecule has 0 radical (unpaired) electrons. The Bertz CT molecular complexity index is 634. The first-order chi connectivity index (χ1) is 10.2. The van der Waals surface area contributed by atoms with E-state index in [0.29, 0.717) is 12.5 Å². The van der Waals surface area contributed by atoms with Crippen LogP contribution >= 0.6 is 0 Å². The van der Waals surface area contributed by atoms with Crippen molar-refractivity contribution >= 4 is 16.8 Å². The van der Waals surface area contributed by atoms with Crippen LogP contribution in [0.3, 0.4) is 0 Å². The van der Waals surface area contributed by atoms with Gasteiger partial charge in [0.05, 0.1) is 11.1 Å². The third-order valence-electron chi connectivity index (χ3n) is 4.81. The number of nitrogens with one attached hydrogen (secondary N) is 1. The summed E-state index contributed by atoms with van der Waals surface area (Å²) in [5.41, 5.74) is 7.58. The average molecular weight is 285 g/mol. The van der Waals surface area contributed by atoms with E-state index in [0.717, 1.165) is 29.3 Å². The van der Waals surface area contributed by atoms with Gasteiger partial charge in [-0.1, -0.05) is 25.0 Å². The monoisotopic (exact) mass is 285 g/mol. The number of aromatic nitrogens is 1. The van der Waals surface area contributed by atoms with Crippen LogP contribution in [0.4, 0.5) is 0 Å². The normalized spacial score (nSPS) is 22.4.